The van der Waals surface area contributed by atoms with Gasteiger partial charge in [0.25, 0.3) is 0 Å². The first kappa shape index (κ1) is 20.0. The first-order valence-electron chi connectivity index (χ1n) is 8.46. The monoisotopic (exact) mass is 403 g/mol. The average Bonchev–Trinajstić information content (AvgIpc) is 2.68. The number of carbonyl (C=O) groups excluding carboxylic acids is 1. The maximum Gasteiger partial charge on any atom is 0.416 e. The second-order valence-electron chi connectivity index (χ2n) is 6.17. The lowest BCUT2D eigenvalue weighted by atomic mass is 10.1. The molecular weight excluding hydrogens is 385 g/mol. The van der Waals surface area contributed by atoms with Gasteiger partial charge in [0, 0.05) is 6.07 Å². The highest BCUT2D eigenvalue weighted by Gasteiger charge is 2.35. The fourth-order valence-electron chi connectivity index (χ4n) is 2.84. The van der Waals surface area contributed by atoms with E-state index >= 15 is 0 Å². The van der Waals surface area contributed by atoms with E-state index < -0.39 is 28.6 Å². The van der Waals surface area contributed by atoms with E-state index in [1.54, 1.807) is 37.3 Å². The molecule has 0 heterocycles. The van der Waals surface area contributed by atoms with Gasteiger partial charge in [-0.15, -0.1) is 0 Å². The average molecular weight is 403 g/mol. The summed E-state index contributed by atoms with van der Waals surface area (Å²) in [5.41, 5.74) is 0.273. The Morgan fingerprint density at radius 3 is 2.04 bits per heavy atom. The van der Waals surface area contributed by atoms with Crippen LogP contribution < -0.4 is 0 Å². The fraction of sp³-hybridized carbons (Fsp3) is 0.136. The maximum atomic E-state index is 13.3. The van der Waals surface area contributed by atoms with Crippen molar-refractivity contribution < 1.29 is 22.7 Å². The van der Waals surface area contributed by atoms with E-state index in [9.17, 15) is 18.0 Å². The van der Waals surface area contributed by atoms with Gasteiger partial charge in [0.15, 0.2) is 14.7 Å². The molecule has 0 fully saturated rings. The van der Waals surface area contributed by atoms with E-state index in [0.717, 1.165) is 15.9 Å². The maximum absolute atomic E-state index is 13.3. The highest BCUT2D eigenvalue weighted by Crippen LogP contribution is 2.36. The SMILES string of the molecule is COC(=O)c1ccc([S+](c2ccccc2)c2cc(C)cc(C(F)(F)F)c2)cc1. The molecule has 28 heavy (non-hydrogen) atoms. The minimum atomic E-state index is -4.42. The third-order valence-electron chi connectivity index (χ3n) is 4.10. The molecular formula is C22H18F3O2S+. The van der Waals surface area contributed by atoms with Crippen molar-refractivity contribution in [3.05, 3.63) is 89.5 Å². The molecule has 0 N–H and O–H groups in total. The van der Waals surface area contributed by atoms with Gasteiger partial charge in [-0.2, -0.15) is 13.2 Å². The van der Waals surface area contributed by atoms with Gasteiger partial charge in [-0.1, -0.05) is 18.2 Å². The van der Waals surface area contributed by atoms with Crippen LogP contribution in [-0.4, -0.2) is 13.1 Å². The minimum Gasteiger partial charge on any atom is -0.465 e. The zero-order valence-corrected chi connectivity index (χ0v) is 16.1. The van der Waals surface area contributed by atoms with Crippen LogP contribution in [0.15, 0.2) is 87.5 Å². The topological polar surface area (TPSA) is 26.3 Å². The first-order chi connectivity index (χ1) is 13.3. The quantitative estimate of drug-likeness (QED) is 0.401. The lowest BCUT2D eigenvalue weighted by Crippen LogP contribution is -2.10. The molecule has 1 atom stereocenters. The Labute approximate surface area is 164 Å². The number of methoxy groups -OCH3 is 1. The van der Waals surface area contributed by atoms with Crippen molar-refractivity contribution in [3.63, 3.8) is 0 Å². The molecule has 3 aromatic carbocycles. The second-order valence-corrected chi connectivity index (χ2v) is 8.19. The predicted molar refractivity (Wildman–Crippen MR) is 103 cm³/mol. The molecule has 0 aliphatic carbocycles. The molecule has 1 unspecified atom stereocenters. The number of hydrogen-bond acceptors (Lipinski definition) is 2. The van der Waals surface area contributed by atoms with Crippen LogP contribution in [0, 0.1) is 6.92 Å². The Balaban J connectivity index is 2.14. The van der Waals surface area contributed by atoms with Gasteiger partial charge < -0.3 is 4.74 Å². The predicted octanol–water partition coefficient (Wildman–Crippen LogP) is 5.90. The molecule has 3 aromatic rings. The Morgan fingerprint density at radius 1 is 0.857 bits per heavy atom. The summed E-state index contributed by atoms with van der Waals surface area (Å²) >= 11 is 0. The van der Waals surface area contributed by atoms with Gasteiger partial charge in [-0.25, -0.2) is 4.79 Å². The molecule has 144 valence electrons. The van der Waals surface area contributed by atoms with Crippen molar-refractivity contribution in [2.24, 2.45) is 0 Å². The van der Waals surface area contributed by atoms with Crippen molar-refractivity contribution in [2.75, 3.05) is 7.11 Å². The molecule has 0 bridgehead atoms. The molecule has 0 saturated heterocycles. The summed E-state index contributed by atoms with van der Waals surface area (Å²) in [6, 6.07) is 20.3. The smallest absolute Gasteiger partial charge is 0.416 e. The molecule has 2 nitrogen and oxygen atoms in total. The van der Waals surface area contributed by atoms with Crippen molar-refractivity contribution in [1.29, 1.82) is 0 Å². The summed E-state index contributed by atoms with van der Waals surface area (Å²) in [4.78, 5) is 14.0. The van der Waals surface area contributed by atoms with Gasteiger partial charge in [0.2, 0.25) is 0 Å². The van der Waals surface area contributed by atoms with E-state index in [1.165, 1.54) is 13.2 Å². The largest absolute Gasteiger partial charge is 0.465 e. The third-order valence-corrected chi connectivity index (χ3v) is 6.30. The lowest BCUT2D eigenvalue weighted by Gasteiger charge is -2.12. The fourth-order valence-corrected chi connectivity index (χ4v) is 5.04. The zero-order chi connectivity index (χ0) is 20.3. The van der Waals surface area contributed by atoms with Crippen molar-refractivity contribution in [2.45, 2.75) is 27.8 Å². The van der Waals surface area contributed by atoms with Crippen LogP contribution in [0.3, 0.4) is 0 Å². The third kappa shape index (κ3) is 4.39. The Kier molecular flexibility index (Phi) is 5.79. The van der Waals surface area contributed by atoms with Crippen LogP contribution in [0.4, 0.5) is 13.2 Å². The Hall–Kier alpha value is -2.73. The second kappa shape index (κ2) is 8.10. The van der Waals surface area contributed by atoms with Crippen LogP contribution in [-0.2, 0) is 21.8 Å². The van der Waals surface area contributed by atoms with Gasteiger partial charge in [0.1, 0.15) is 0 Å². The summed E-state index contributed by atoms with van der Waals surface area (Å²) in [6.45, 7) is 1.66. The normalized spacial score (nSPS) is 12.5. The standard InChI is InChI=1S/C22H18F3O2S/c1-15-12-17(22(23,24)25)14-20(13-15)28(18-6-4-3-5-7-18)19-10-8-16(9-11-19)21(26)27-2/h3-14H,1-2H3/q+1. The zero-order valence-electron chi connectivity index (χ0n) is 15.3. The highest BCUT2D eigenvalue weighted by molar-refractivity contribution is 7.97. The molecule has 6 heteroatoms. The molecule has 0 aliphatic heterocycles. The molecule has 0 spiro atoms. The number of hydrogen-bond donors (Lipinski definition) is 0. The van der Waals surface area contributed by atoms with Crippen LogP contribution in [0.2, 0.25) is 0 Å². The number of benzene rings is 3. The van der Waals surface area contributed by atoms with E-state index in [1.807, 2.05) is 30.3 Å². The molecule has 0 aromatic heterocycles. The molecule has 3 rings (SSSR count). The number of ether oxygens (including phenoxy) is 1. The lowest BCUT2D eigenvalue weighted by molar-refractivity contribution is -0.137. The van der Waals surface area contributed by atoms with Crippen LogP contribution in [0.5, 0.6) is 0 Å². The van der Waals surface area contributed by atoms with Gasteiger partial charge in [-0.05, 0) is 61.0 Å². The molecule has 0 saturated carbocycles. The Bertz CT molecular complexity index is 967. The summed E-state index contributed by atoms with van der Waals surface area (Å²) < 4.78 is 44.8. The number of carbonyl (C=O) groups is 1. The van der Waals surface area contributed by atoms with E-state index in [0.29, 0.717) is 16.0 Å². The molecule has 0 amide bonds. The van der Waals surface area contributed by atoms with E-state index in [-0.39, 0.29) is 0 Å². The number of alkyl halides is 3. The van der Waals surface area contributed by atoms with Crippen LogP contribution in [0.25, 0.3) is 0 Å². The number of esters is 1. The number of aryl methyl sites for hydroxylation is 1. The minimum absolute atomic E-state index is 0.392. The highest BCUT2D eigenvalue weighted by atomic mass is 32.2. The van der Waals surface area contributed by atoms with E-state index in [2.05, 4.69) is 0 Å². The Morgan fingerprint density at radius 2 is 1.46 bits per heavy atom. The van der Waals surface area contributed by atoms with Gasteiger partial charge in [-0.3, -0.25) is 0 Å². The number of rotatable bonds is 4. The van der Waals surface area contributed by atoms with E-state index in [4.69, 9.17) is 4.74 Å². The summed E-state index contributed by atoms with van der Waals surface area (Å²) in [6.07, 6.45) is -4.42. The van der Waals surface area contributed by atoms with Crippen molar-refractivity contribution >= 4 is 16.9 Å². The van der Waals surface area contributed by atoms with Crippen molar-refractivity contribution in [3.8, 4) is 0 Å². The summed E-state index contributed by atoms with van der Waals surface area (Å²) in [7, 11) is 0.556. The molecule has 0 radical (unpaired) electrons. The molecule has 0 aliphatic rings. The summed E-state index contributed by atoms with van der Waals surface area (Å²) in [5, 5.41) is 0. The van der Waals surface area contributed by atoms with Crippen LogP contribution >= 0.6 is 0 Å². The van der Waals surface area contributed by atoms with Gasteiger partial charge in [0.05, 0.1) is 29.1 Å². The van der Waals surface area contributed by atoms with Crippen molar-refractivity contribution in [1.82, 2.24) is 0 Å². The van der Waals surface area contributed by atoms with Crippen LogP contribution in [0.1, 0.15) is 21.5 Å². The summed E-state index contributed by atoms with van der Waals surface area (Å²) in [5.74, 6) is -0.457. The van der Waals surface area contributed by atoms with Gasteiger partial charge >= 0.3 is 12.1 Å². The first-order valence-corrected chi connectivity index (χ1v) is 9.68. The number of halogens is 3.